The van der Waals surface area contributed by atoms with Gasteiger partial charge >= 0.3 is 0 Å². The Kier molecular flexibility index (Phi) is 2.27. The van der Waals surface area contributed by atoms with Gasteiger partial charge in [0.05, 0.1) is 0 Å². The Morgan fingerprint density at radius 3 is 3.10 bits per heavy atom. The topological polar surface area (TPSA) is 32.3 Å². The average molecular weight is 142 g/mol. The molecule has 0 aromatic rings. The van der Waals surface area contributed by atoms with Crippen molar-refractivity contribution in [1.29, 1.82) is 0 Å². The first-order valence-electron chi connectivity index (χ1n) is 3.70. The van der Waals surface area contributed by atoms with Crippen molar-refractivity contribution in [2.45, 2.75) is 19.8 Å². The summed E-state index contributed by atoms with van der Waals surface area (Å²) in [7, 11) is 1.78. The lowest BCUT2D eigenvalue weighted by Gasteiger charge is -2.14. The summed E-state index contributed by atoms with van der Waals surface area (Å²) in [5.74, 6) is 0.818. The fraction of sp³-hybridized carbons (Fsp3) is 0.857. The van der Waals surface area contributed by atoms with Crippen molar-refractivity contribution >= 4 is 5.91 Å². The first-order valence-corrected chi connectivity index (χ1v) is 3.70. The number of hydrogen-bond donors (Lipinski definition) is 1. The zero-order valence-electron chi connectivity index (χ0n) is 6.55. The minimum absolute atomic E-state index is 0.198. The number of carbonyl (C=O) groups excluding carboxylic acids is 1. The molecule has 1 saturated heterocycles. The van der Waals surface area contributed by atoms with Crippen LogP contribution in [0.25, 0.3) is 0 Å². The van der Waals surface area contributed by atoms with E-state index in [0.717, 1.165) is 13.0 Å². The predicted molar refractivity (Wildman–Crippen MR) is 39.2 cm³/mol. The van der Waals surface area contributed by atoms with Crippen LogP contribution in [0.3, 0.4) is 0 Å². The molecule has 1 unspecified atom stereocenters. The number of amides is 1. The molecule has 1 N–H and O–H groups in total. The Balaban J connectivity index is 2.46. The number of rotatable bonds is 0. The highest BCUT2D eigenvalue weighted by Crippen LogP contribution is 2.08. The molecule has 3 heteroatoms. The van der Waals surface area contributed by atoms with Gasteiger partial charge in [-0.2, -0.15) is 0 Å². The molecule has 0 aliphatic carbocycles. The third kappa shape index (κ3) is 1.70. The van der Waals surface area contributed by atoms with Crippen LogP contribution in [-0.2, 0) is 4.79 Å². The third-order valence-electron chi connectivity index (χ3n) is 1.90. The van der Waals surface area contributed by atoms with E-state index in [-0.39, 0.29) is 5.91 Å². The summed E-state index contributed by atoms with van der Waals surface area (Å²) in [5, 5.41) is 1.59. The van der Waals surface area contributed by atoms with E-state index in [1.165, 1.54) is 0 Å². The van der Waals surface area contributed by atoms with Crippen LogP contribution in [0.5, 0.6) is 0 Å². The van der Waals surface area contributed by atoms with Gasteiger partial charge in [0.1, 0.15) is 0 Å². The van der Waals surface area contributed by atoms with Gasteiger partial charge < -0.3 is 0 Å². The maximum absolute atomic E-state index is 11.0. The molecule has 0 bridgehead atoms. The fourth-order valence-corrected chi connectivity index (χ4v) is 1.02. The Morgan fingerprint density at radius 2 is 2.40 bits per heavy atom. The van der Waals surface area contributed by atoms with Crippen molar-refractivity contribution in [2.24, 2.45) is 5.92 Å². The van der Waals surface area contributed by atoms with Gasteiger partial charge in [-0.15, -0.1) is 0 Å². The van der Waals surface area contributed by atoms with Crippen LogP contribution in [0, 0.1) is 5.92 Å². The summed E-state index contributed by atoms with van der Waals surface area (Å²) in [6.07, 6.45) is 1.70. The zero-order chi connectivity index (χ0) is 7.56. The second-order valence-electron chi connectivity index (χ2n) is 2.96. The van der Waals surface area contributed by atoms with Gasteiger partial charge in [-0.1, -0.05) is 6.92 Å². The van der Waals surface area contributed by atoms with Crippen LogP contribution in [0.1, 0.15) is 19.8 Å². The highest BCUT2D eigenvalue weighted by Gasteiger charge is 2.15. The molecule has 0 aromatic carbocycles. The van der Waals surface area contributed by atoms with Crippen molar-refractivity contribution in [3.63, 3.8) is 0 Å². The quantitative estimate of drug-likeness (QED) is 0.530. The molecule has 1 heterocycles. The van der Waals surface area contributed by atoms with E-state index in [0.29, 0.717) is 12.3 Å². The molecule has 1 atom stereocenters. The van der Waals surface area contributed by atoms with Gasteiger partial charge in [0.25, 0.3) is 0 Å². The summed E-state index contributed by atoms with van der Waals surface area (Å²) in [6, 6.07) is 0. The van der Waals surface area contributed by atoms with Crippen molar-refractivity contribution in [3.05, 3.63) is 0 Å². The summed E-state index contributed by atoms with van der Waals surface area (Å²) >= 11 is 0. The fourth-order valence-electron chi connectivity index (χ4n) is 1.02. The van der Waals surface area contributed by atoms with Crippen molar-refractivity contribution in [1.82, 2.24) is 10.4 Å². The number of carbonyl (C=O) groups is 1. The van der Waals surface area contributed by atoms with Gasteiger partial charge in [-0.3, -0.25) is 9.80 Å². The predicted octanol–water partition coefficient (Wildman–Crippen LogP) is 0.379. The summed E-state index contributed by atoms with van der Waals surface area (Å²) in [6.45, 7) is 3.07. The normalized spacial score (nSPS) is 28.4. The highest BCUT2D eigenvalue weighted by atomic mass is 16.2. The molecule has 0 spiro atoms. The van der Waals surface area contributed by atoms with E-state index in [1.807, 2.05) is 0 Å². The molecule has 1 aliphatic rings. The molecular weight excluding hydrogens is 128 g/mol. The van der Waals surface area contributed by atoms with Crippen LogP contribution < -0.4 is 5.43 Å². The maximum atomic E-state index is 11.0. The molecule has 1 fully saturated rings. The molecule has 10 heavy (non-hydrogen) atoms. The van der Waals surface area contributed by atoms with Crippen LogP contribution in [0.2, 0.25) is 0 Å². The zero-order valence-corrected chi connectivity index (χ0v) is 6.55. The van der Waals surface area contributed by atoms with E-state index >= 15 is 0 Å². The largest absolute Gasteiger partial charge is 0.281 e. The van der Waals surface area contributed by atoms with Gasteiger partial charge in [-0.25, -0.2) is 5.43 Å². The molecule has 3 nitrogen and oxygen atoms in total. The van der Waals surface area contributed by atoms with E-state index in [4.69, 9.17) is 0 Å². The lowest BCUT2D eigenvalue weighted by atomic mass is 10.1. The van der Waals surface area contributed by atoms with E-state index in [2.05, 4.69) is 12.3 Å². The molecule has 58 valence electrons. The summed E-state index contributed by atoms with van der Waals surface area (Å²) in [4.78, 5) is 11.0. The number of nitrogens with one attached hydrogen (secondary N) is 1. The molecule has 1 amide bonds. The Labute approximate surface area is 61.4 Å². The van der Waals surface area contributed by atoms with Crippen molar-refractivity contribution < 1.29 is 4.79 Å². The standard InChI is InChI=1S/C7H14N2O/c1-6-3-4-7(10)9(2)8-5-6/h6,8H,3-5H2,1-2H3. The van der Waals surface area contributed by atoms with Crippen LogP contribution in [0.15, 0.2) is 0 Å². The van der Waals surface area contributed by atoms with Crippen LogP contribution >= 0.6 is 0 Å². The number of hydrogen-bond acceptors (Lipinski definition) is 2. The molecule has 1 rings (SSSR count). The van der Waals surface area contributed by atoms with Gasteiger partial charge in [-0.05, 0) is 12.3 Å². The van der Waals surface area contributed by atoms with Crippen LogP contribution in [0.4, 0.5) is 0 Å². The second kappa shape index (κ2) is 3.01. The molecule has 1 aliphatic heterocycles. The van der Waals surface area contributed by atoms with Gasteiger partial charge in [0, 0.05) is 20.0 Å². The Morgan fingerprint density at radius 1 is 1.70 bits per heavy atom. The second-order valence-corrected chi connectivity index (χ2v) is 2.96. The monoisotopic (exact) mass is 142 g/mol. The minimum atomic E-state index is 0.198. The third-order valence-corrected chi connectivity index (χ3v) is 1.90. The van der Waals surface area contributed by atoms with E-state index < -0.39 is 0 Å². The van der Waals surface area contributed by atoms with E-state index in [9.17, 15) is 4.79 Å². The highest BCUT2D eigenvalue weighted by molar-refractivity contribution is 5.75. The Bertz CT molecular complexity index is 136. The van der Waals surface area contributed by atoms with Gasteiger partial charge in [0.2, 0.25) is 5.91 Å². The van der Waals surface area contributed by atoms with Crippen LogP contribution in [-0.4, -0.2) is 24.5 Å². The van der Waals surface area contributed by atoms with Crippen molar-refractivity contribution in [3.8, 4) is 0 Å². The number of nitrogens with zero attached hydrogens (tertiary/aromatic N) is 1. The SMILES string of the molecule is CC1CCC(=O)N(C)NC1. The lowest BCUT2D eigenvalue weighted by molar-refractivity contribution is -0.131. The molecule has 0 radical (unpaired) electrons. The molecular formula is C7H14N2O. The average Bonchev–Trinajstić information content (AvgIpc) is 2.04. The lowest BCUT2D eigenvalue weighted by Crippen LogP contribution is -2.38. The van der Waals surface area contributed by atoms with E-state index in [1.54, 1.807) is 12.1 Å². The minimum Gasteiger partial charge on any atom is -0.281 e. The molecule has 0 saturated carbocycles. The molecule has 0 aromatic heterocycles. The smallest absolute Gasteiger partial charge is 0.236 e. The Hall–Kier alpha value is -0.570. The van der Waals surface area contributed by atoms with Crippen molar-refractivity contribution in [2.75, 3.05) is 13.6 Å². The van der Waals surface area contributed by atoms with Gasteiger partial charge in [0.15, 0.2) is 0 Å². The summed E-state index contributed by atoms with van der Waals surface area (Å²) < 4.78 is 0. The number of hydrazine groups is 1. The first-order chi connectivity index (χ1) is 4.70. The summed E-state index contributed by atoms with van der Waals surface area (Å²) in [5.41, 5.74) is 3.03. The first kappa shape index (κ1) is 7.54. The maximum Gasteiger partial charge on any atom is 0.236 e.